The van der Waals surface area contributed by atoms with Crippen LogP contribution in [0.25, 0.3) is 0 Å². The Morgan fingerprint density at radius 1 is 1.29 bits per heavy atom. The fraction of sp³-hybridized carbons (Fsp3) is 0.250. The van der Waals surface area contributed by atoms with Gasteiger partial charge in [0.1, 0.15) is 5.75 Å². The van der Waals surface area contributed by atoms with Gasteiger partial charge in [0.05, 0.1) is 11.6 Å². The van der Waals surface area contributed by atoms with Crippen LogP contribution in [0.5, 0.6) is 5.75 Å². The van der Waals surface area contributed by atoms with Gasteiger partial charge in [-0.2, -0.15) is 0 Å². The number of rotatable bonds is 1. The molecule has 0 bridgehead atoms. The molecule has 0 atom stereocenters. The Kier molecular flexibility index (Phi) is 2.62. The molecule has 0 aromatic heterocycles. The summed E-state index contributed by atoms with van der Waals surface area (Å²) in [5, 5.41) is 18.9. The molecule has 1 aromatic rings. The van der Waals surface area contributed by atoms with Gasteiger partial charge in [0.15, 0.2) is 0 Å². The summed E-state index contributed by atoms with van der Waals surface area (Å²) >= 11 is 11.7. The van der Waals surface area contributed by atoms with Gasteiger partial charge in [-0.3, -0.25) is 0 Å². The molecular weight excluding hydrogens is 226 g/mol. The Bertz CT molecular complexity index is 381. The minimum absolute atomic E-state index is 0.259. The first-order chi connectivity index (χ1) is 6.61. The fourth-order valence-corrected chi connectivity index (χ4v) is 2.26. The molecule has 0 aliphatic carbocycles. The lowest BCUT2D eigenvalue weighted by Crippen LogP contribution is -2.33. The van der Waals surface area contributed by atoms with Crippen molar-refractivity contribution in [3.05, 3.63) is 21.7 Å². The van der Waals surface area contributed by atoms with E-state index in [0.717, 1.165) is 0 Å². The zero-order valence-corrected chi connectivity index (χ0v) is 8.64. The molecule has 1 aromatic carbocycles. The largest absolute Gasteiger partial charge is 0.491 e. The quantitative estimate of drug-likeness (QED) is 0.698. The molecule has 3 nitrogen and oxygen atoms in total. The van der Waals surface area contributed by atoms with E-state index in [0.29, 0.717) is 34.8 Å². The highest BCUT2D eigenvalue weighted by Crippen LogP contribution is 2.34. The van der Waals surface area contributed by atoms with Crippen LogP contribution in [0.1, 0.15) is 5.56 Å². The topological polar surface area (TPSA) is 49.7 Å². The molecule has 0 spiro atoms. The van der Waals surface area contributed by atoms with Crippen molar-refractivity contribution in [1.29, 1.82) is 0 Å². The second kappa shape index (κ2) is 3.63. The van der Waals surface area contributed by atoms with Gasteiger partial charge in [-0.05, 0) is 6.07 Å². The molecule has 6 heteroatoms. The van der Waals surface area contributed by atoms with Gasteiger partial charge >= 0.3 is 7.12 Å². The standard InChI is InChI=1S/C8H7BCl2O3/c10-5-3-6(11)8-4(1-2-14-8)7(5)9(12)13/h3,12-13H,1-2H2. The SMILES string of the molecule is OB(O)c1c(Cl)cc(Cl)c2c1CCO2. The minimum Gasteiger partial charge on any atom is -0.491 e. The molecule has 1 heterocycles. The third-order valence-electron chi connectivity index (χ3n) is 2.18. The second-order valence-corrected chi connectivity index (χ2v) is 3.85. The predicted octanol–water partition coefficient (Wildman–Crippen LogP) is 0.608. The lowest BCUT2D eigenvalue weighted by Gasteiger charge is -2.09. The lowest BCUT2D eigenvalue weighted by molar-refractivity contribution is 0.357. The maximum atomic E-state index is 9.13. The van der Waals surface area contributed by atoms with E-state index >= 15 is 0 Å². The summed E-state index contributed by atoms with van der Waals surface area (Å²) in [5.41, 5.74) is 0.987. The van der Waals surface area contributed by atoms with E-state index in [1.165, 1.54) is 6.07 Å². The molecule has 1 aliphatic rings. The number of halogens is 2. The van der Waals surface area contributed by atoms with Crippen LogP contribution in [0.3, 0.4) is 0 Å². The Morgan fingerprint density at radius 2 is 2.00 bits per heavy atom. The van der Waals surface area contributed by atoms with E-state index in [-0.39, 0.29) is 5.02 Å². The van der Waals surface area contributed by atoms with Crippen LogP contribution in [0.4, 0.5) is 0 Å². The number of hydrogen-bond acceptors (Lipinski definition) is 3. The van der Waals surface area contributed by atoms with Crippen LogP contribution in [-0.2, 0) is 6.42 Å². The molecule has 0 amide bonds. The third-order valence-corrected chi connectivity index (χ3v) is 2.78. The lowest BCUT2D eigenvalue weighted by atomic mass is 9.76. The van der Waals surface area contributed by atoms with Crippen LogP contribution in [0.2, 0.25) is 10.0 Å². The van der Waals surface area contributed by atoms with Crippen LogP contribution >= 0.6 is 23.2 Å². The molecule has 0 radical (unpaired) electrons. The van der Waals surface area contributed by atoms with Gasteiger partial charge in [-0.1, -0.05) is 23.2 Å². The molecular formula is C8H7BCl2O3. The third kappa shape index (κ3) is 1.48. The van der Waals surface area contributed by atoms with Crippen molar-refractivity contribution in [3.8, 4) is 5.75 Å². The summed E-state index contributed by atoms with van der Waals surface area (Å²) in [6, 6.07) is 1.46. The summed E-state index contributed by atoms with van der Waals surface area (Å²) in [7, 11) is -1.59. The predicted molar refractivity (Wildman–Crippen MR) is 55.5 cm³/mol. The maximum Gasteiger partial charge on any atom is 0.490 e. The monoisotopic (exact) mass is 232 g/mol. The van der Waals surface area contributed by atoms with E-state index in [1.807, 2.05) is 0 Å². The molecule has 74 valence electrons. The van der Waals surface area contributed by atoms with E-state index in [1.54, 1.807) is 0 Å². The fourth-order valence-electron chi connectivity index (χ4n) is 1.60. The van der Waals surface area contributed by atoms with Gasteiger partial charge in [-0.25, -0.2) is 0 Å². The maximum absolute atomic E-state index is 9.13. The van der Waals surface area contributed by atoms with E-state index in [4.69, 9.17) is 38.0 Å². The number of fused-ring (bicyclic) bond motifs is 1. The Balaban J connectivity index is 2.66. The first-order valence-electron chi connectivity index (χ1n) is 4.11. The smallest absolute Gasteiger partial charge is 0.490 e. The molecule has 14 heavy (non-hydrogen) atoms. The Labute approximate surface area is 91.4 Å². The highest BCUT2D eigenvalue weighted by atomic mass is 35.5. The normalized spacial score (nSPS) is 13.7. The molecule has 0 unspecified atom stereocenters. The van der Waals surface area contributed by atoms with Gasteiger partial charge in [0.2, 0.25) is 0 Å². The second-order valence-electron chi connectivity index (χ2n) is 3.03. The van der Waals surface area contributed by atoms with Gasteiger partial charge in [0.25, 0.3) is 0 Å². The minimum atomic E-state index is -1.59. The van der Waals surface area contributed by atoms with Crippen molar-refractivity contribution in [2.45, 2.75) is 6.42 Å². The average Bonchev–Trinajstić information content (AvgIpc) is 2.51. The van der Waals surface area contributed by atoms with Crippen LogP contribution in [-0.4, -0.2) is 23.8 Å². The van der Waals surface area contributed by atoms with Gasteiger partial charge < -0.3 is 14.8 Å². The average molecular weight is 233 g/mol. The van der Waals surface area contributed by atoms with Crippen molar-refractivity contribution in [3.63, 3.8) is 0 Å². The molecule has 0 fully saturated rings. The summed E-state index contributed by atoms with van der Waals surface area (Å²) in [5.74, 6) is 0.513. The number of benzene rings is 1. The van der Waals surface area contributed by atoms with Gasteiger partial charge in [0, 0.05) is 22.5 Å². The highest BCUT2D eigenvalue weighted by Gasteiger charge is 2.28. The number of ether oxygens (including phenoxy) is 1. The highest BCUT2D eigenvalue weighted by molar-refractivity contribution is 6.63. The zero-order valence-electron chi connectivity index (χ0n) is 7.13. The van der Waals surface area contributed by atoms with Crippen molar-refractivity contribution < 1.29 is 14.8 Å². The molecule has 1 aliphatic heterocycles. The molecule has 0 saturated carbocycles. The van der Waals surface area contributed by atoms with Crippen molar-refractivity contribution in [1.82, 2.24) is 0 Å². The Morgan fingerprint density at radius 3 is 2.64 bits per heavy atom. The zero-order chi connectivity index (χ0) is 10.3. The van der Waals surface area contributed by atoms with E-state index < -0.39 is 7.12 Å². The molecule has 0 saturated heterocycles. The van der Waals surface area contributed by atoms with Crippen LogP contribution in [0.15, 0.2) is 6.07 Å². The number of hydrogen-bond donors (Lipinski definition) is 2. The van der Waals surface area contributed by atoms with Crippen LogP contribution < -0.4 is 10.2 Å². The summed E-state index contributed by atoms with van der Waals surface area (Å²) in [4.78, 5) is 0. The molecule has 2 N–H and O–H groups in total. The summed E-state index contributed by atoms with van der Waals surface area (Å²) < 4.78 is 5.26. The molecule has 2 rings (SSSR count). The summed E-state index contributed by atoms with van der Waals surface area (Å²) in [6.45, 7) is 0.495. The first kappa shape index (κ1) is 10.1. The van der Waals surface area contributed by atoms with Crippen molar-refractivity contribution in [2.24, 2.45) is 0 Å². The summed E-state index contributed by atoms with van der Waals surface area (Å²) in [6.07, 6.45) is 0.600. The van der Waals surface area contributed by atoms with E-state index in [9.17, 15) is 0 Å². The van der Waals surface area contributed by atoms with Gasteiger partial charge in [-0.15, -0.1) is 0 Å². The van der Waals surface area contributed by atoms with E-state index in [2.05, 4.69) is 0 Å². The first-order valence-corrected chi connectivity index (χ1v) is 4.86. The van der Waals surface area contributed by atoms with Crippen molar-refractivity contribution >= 4 is 35.8 Å². The van der Waals surface area contributed by atoms with Crippen LogP contribution in [0, 0.1) is 0 Å². The Hall–Kier alpha value is -0.415. The van der Waals surface area contributed by atoms with Crippen molar-refractivity contribution in [2.75, 3.05) is 6.61 Å².